The second-order valence-electron chi connectivity index (χ2n) is 13.4. The van der Waals surface area contributed by atoms with E-state index in [-0.39, 0.29) is 34.5 Å². The molecule has 0 bridgehead atoms. The molecule has 1 aliphatic carbocycles. The first-order chi connectivity index (χ1) is 25.5. The third-order valence-corrected chi connectivity index (χ3v) is 12.8. The standard InChI is InChI=1S/C37H33ClF3N7O3S2/c38-28-19-24(39)6-9-27(28)33-32(29-12-17-48(45-29)36(40)41)30-20-25(21-47(30)34(44-33)35-43-16-18-52-35)46-53(50,51)26-7-4-22(5-8-26)23-10-13-37(49,14-11-23)31-3-1-2-15-42-31/h1-9,12,15-19,23,25,33,36,46,49H,10-11,13-14,20-21H2/t23-,25-,33-,37-/m0/s1. The van der Waals surface area contributed by atoms with Crippen molar-refractivity contribution in [2.45, 2.75) is 67.2 Å². The van der Waals surface area contributed by atoms with Crippen LogP contribution < -0.4 is 4.72 Å². The van der Waals surface area contributed by atoms with Gasteiger partial charge in [-0.15, -0.1) is 11.3 Å². The Kier molecular flexibility index (Phi) is 9.47. The Morgan fingerprint density at radius 2 is 1.81 bits per heavy atom. The van der Waals surface area contributed by atoms with Crippen LogP contribution in [-0.2, 0) is 15.6 Å². The summed E-state index contributed by atoms with van der Waals surface area (Å²) in [5.41, 5.74) is 2.38. The van der Waals surface area contributed by atoms with Crippen LogP contribution in [0.5, 0.6) is 0 Å². The van der Waals surface area contributed by atoms with E-state index in [2.05, 4.69) is 19.8 Å². The van der Waals surface area contributed by atoms with Crippen molar-refractivity contribution < 1.29 is 26.7 Å². The Hall–Kier alpha value is -4.41. The molecule has 2 N–H and O–H groups in total. The lowest BCUT2D eigenvalue weighted by atomic mass is 9.74. The van der Waals surface area contributed by atoms with Crippen molar-refractivity contribution in [3.05, 3.63) is 135 Å². The van der Waals surface area contributed by atoms with Gasteiger partial charge in [0, 0.05) is 64.8 Å². The zero-order valence-electron chi connectivity index (χ0n) is 28.0. The SMILES string of the molecule is O=S(=O)(N[C@H]1CC2=C(c3ccn(C(F)F)n3)[C@H](c3ccc(F)cc3Cl)N=C(c3nccs3)N2C1)c1ccc([C@H]2CC[C@@](O)(c3ccccn3)CC2)cc1. The number of aliphatic hydroxyl groups is 1. The maximum absolute atomic E-state index is 14.2. The molecule has 10 nitrogen and oxygen atoms in total. The van der Waals surface area contributed by atoms with Crippen molar-refractivity contribution in [1.29, 1.82) is 0 Å². The average molecular weight is 780 g/mol. The number of hydrogen-bond acceptors (Lipinski definition) is 9. The number of hydrogen-bond donors (Lipinski definition) is 2. The number of nitrogens with one attached hydrogen (secondary N) is 1. The number of benzene rings is 2. The Morgan fingerprint density at radius 1 is 1.02 bits per heavy atom. The van der Waals surface area contributed by atoms with Crippen molar-refractivity contribution in [3.63, 3.8) is 0 Å². The topological polar surface area (TPSA) is 126 Å². The highest BCUT2D eigenvalue weighted by Crippen LogP contribution is 2.47. The molecule has 0 radical (unpaired) electrons. The molecule has 1 saturated carbocycles. The number of pyridine rings is 1. The van der Waals surface area contributed by atoms with Crippen LogP contribution in [0.3, 0.4) is 0 Å². The highest BCUT2D eigenvalue weighted by Gasteiger charge is 2.42. The van der Waals surface area contributed by atoms with Gasteiger partial charge in [0.2, 0.25) is 10.0 Å². The van der Waals surface area contributed by atoms with E-state index in [0.29, 0.717) is 50.9 Å². The normalized spacial score (nSPS) is 23.4. The molecule has 3 aromatic heterocycles. The van der Waals surface area contributed by atoms with Crippen molar-refractivity contribution >= 4 is 44.4 Å². The van der Waals surface area contributed by atoms with E-state index in [9.17, 15) is 26.7 Å². The van der Waals surface area contributed by atoms with E-state index < -0.39 is 40.1 Å². The molecule has 0 spiro atoms. The molecular formula is C37H33ClF3N7O3S2. The fourth-order valence-electron chi connectivity index (χ4n) is 7.56. The lowest BCUT2D eigenvalue weighted by Gasteiger charge is -2.35. The van der Waals surface area contributed by atoms with Gasteiger partial charge < -0.3 is 10.0 Å². The molecule has 2 aliphatic heterocycles. The van der Waals surface area contributed by atoms with Gasteiger partial charge in [0.1, 0.15) is 17.5 Å². The third-order valence-electron chi connectivity index (χ3n) is 10.2. The van der Waals surface area contributed by atoms with Crippen LogP contribution in [0.4, 0.5) is 13.2 Å². The van der Waals surface area contributed by atoms with Crippen molar-refractivity contribution in [2.75, 3.05) is 6.54 Å². The number of fused-ring (bicyclic) bond motifs is 1. The molecule has 16 heteroatoms. The monoisotopic (exact) mass is 779 g/mol. The number of aromatic nitrogens is 4. The van der Waals surface area contributed by atoms with Crippen LogP contribution in [0, 0.1) is 5.82 Å². The molecule has 5 aromatic rings. The van der Waals surface area contributed by atoms with Crippen LogP contribution >= 0.6 is 22.9 Å². The second-order valence-corrected chi connectivity index (χ2v) is 16.4. The molecule has 53 heavy (non-hydrogen) atoms. The van der Waals surface area contributed by atoms with Crippen LogP contribution in [0.15, 0.2) is 106 Å². The van der Waals surface area contributed by atoms with Gasteiger partial charge in [-0.05, 0) is 79.6 Å². The zero-order chi connectivity index (χ0) is 36.9. The number of amidine groups is 1. The number of halogens is 4. The maximum Gasteiger partial charge on any atom is 0.333 e. The summed E-state index contributed by atoms with van der Waals surface area (Å²) in [5.74, 6) is 0.0665. The van der Waals surface area contributed by atoms with Gasteiger partial charge in [0.25, 0.3) is 0 Å². The predicted octanol–water partition coefficient (Wildman–Crippen LogP) is 7.43. The minimum absolute atomic E-state index is 0.0906. The lowest BCUT2D eigenvalue weighted by molar-refractivity contribution is -0.00957. The molecule has 0 amide bonds. The molecular weight excluding hydrogens is 747 g/mol. The summed E-state index contributed by atoms with van der Waals surface area (Å²) in [6.45, 7) is -2.71. The van der Waals surface area contributed by atoms with E-state index in [4.69, 9.17) is 16.6 Å². The maximum atomic E-state index is 14.2. The minimum atomic E-state index is -4.01. The van der Waals surface area contributed by atoms with Gasteiger partial charge in [0.15, 0.2) is 10.8 Å². The van der Waals surface area contributed by atoms with Crippen LogP contribution in [0.2, 0.25) is 5.02 Å². The summed E-state index contributed by atoms with van der Waals surface area (Å²) in [6, 6.07) is 16.2. The Labute approximate surface area is 312 Å². The van der Waals surface area contributed by atoms with E-state index in [1.54, 1.807) is 29.9 Å². The number of alkyl halides is 2. The largest absolute Gasteiger partial charge is 0.384 e. The van der Waals surface area contributed by atoms with E-state index in [1.807, 2.05) is 35.2 Å². The van der Waals surface area contributed by atoms with Crippen molar-refractivity contribution in [2.24, 2.45) is 4.99 Å². The van der Waals surface area contributed by atoms with Gasteiger partial charge in [-0.1, -0.05) is 35.9 Å². The molecule has 0 unspecified atom stereocenters. The molecule has 1 saturated heterocycles. The molecule has 2 atom stereocenters. The quantitative estimate of drug-likeness (QED) is 0.159. The first-order valence-electron chi connectivity index (χ1n) is 17.0. The molecule has 2 aromatic carbocycles. The summed E-state index contributed by atoms with van der Waals surface area (Å²) < 4.78 is 72.7. The average Bonchev–Trinajstić information content (AvgIpc) is 3.94. The van der Waals surface area contributed by atoms with Gasteiger partial charge in [-0.25, -0.2) is 27.2 Å². The number of thiazole rings is 1. The van der Waals surface area contributed by atoms with E-state index in [1.165, 1.54) is 29.5 Å². The van der Waals surface area contributed by atoms with Crippen LogP contribution in [0.1, 0.15) is 78.1 Å². The molecule has 2 fully saturated rings. The fourth-order valence-corrected chi connectivity index (χ4v) is 9.70. The summed E-state index contributed by atoms with van der Waals surface area (Å²) in [4.78, 5) is 15.8. The van der Waals surface area contributed by atoms with Gasteiger partial charge in [-0.2, -0.15) is 13.9 Å². The van der Waals surface area contributed by atoms with Crippen molar-refractivity contribution in [3.8, 4) is 0 Å². The second kappa shape index (κ2) is 14.1. The molecule has 5 heterocycles. The number of rotatable bonds is 9. The Morgan fingerprint density at radius 3 is 2.47 bits per heavy atom. The highest BCUT2D eigenvalue weighted by atomic mass is 35.5. The van der Waals surface area contributed by atoms with Crippen LogP contribution in [-0.4, -0.2) is 56.6 Å². The van der Waals surface area contributed by atoms with Gasteiger partial charge >= 0.3 is 6.55 Å². The zero-order valence-corrected chi connectivity index (χ0v) is 30.4. The van der Waals surface area contributed by atoms with Crippen LogP contribution in [0.25, 0.3) is 5.57 Å². The molecule has 274 valence electrons. The number of sulfonamides is 1. The molecule has 8 rings (SSSR count). The first kappa shape index (κ1) is 35.6. The highest BCUT2D eigenvalue weighted by molar-refractivity contribution is 7.89. The van der Waals surface area contributed by atoms with Gasteiger partial charge in [0.05, 0.1) is 16.3 Å². The third kappa shape index (κ3) is 6.92. The summed E-state index contributed by atoms with van der Waals surface area (Å²) in [5, 5.41) is 17.8. The summed E-state index contributed by atoms with van der Waals surface area (Å²) in [7, 11) is -4.01. The predicted molar refractivity (Wildman–Crippen MR) is 194 cm³/mol. The Balaban J connectivity index is 1.07. The van der Waals surface area contributed by atoms with E-state index >= 15 is 0 Å². The molecule has 3 aliphatic rings. The first-order valence-corrected chi connectivity index (χ1v) is 19.8. The van der Waals surface area contributed by atoms with Gasteiger partial charge in [-0.3, -0.25) is 9.98 Å². The summed E-state index contributed by atoms with van der Waals surface area (Å²) >= 11 is 7.90. The van der Waals surface area contributed by atoms with E-state index in [0.717, 1.165) is 30.7 Å². The smallest absolute Gasteiger partial charge is 0.333 e. The summed E-state index contributed by atoms with van der Waals surface area (Å²) in [6.07, 6.45) is 7.20. The fraction of sp³-hybridized carbons (Fsp3) is 0.297. The Bertz CT molecular complexity index is 2290. The minimum Gasteiger partial charge on any atom is -0.384 e. The lowest BCUT2D eigenvalue weighted by Crippen LogP contribution is -2.39. The van der Waals surface area contributed by atoms with Crippen molar-refractivity contribution in [1.82, 2.24) is 29.4 Å². The number of nitrogens with zero attached hydrogens (tertiary/aromatic N) is 6. The number of aliphatic imine (C=N–C) groups is 1.